The van der Waals surface area contributed by atoms with Gasteiger partial charge in [0.2, 0.25) is 0 Å². The van der Waals surface area contributed by atoms with E-state index in [4.69, 9.17) is 5.11 Å². The Morgan fingerprint density at radius 2 is 1.90 bits per heavy atom. The van der Waals surface area contributed by atoms with Gasteiger partial charge in [-0.2, -0.15) is 0 Å². The molecule has 0 saturated carbocycles. The standard InChI is InChI=1S/C7H15NO.ClH/c1-7(6-9)2-4-8-5-3-7;/h8-9H,2-6H2,1H3;1H. The third-order valence-corrected chi connectivity index (χ3v) is 2.19. The topological polar surface area (TPSA) is 32.3 Å². The van der Waals surface area contributed by atoms with Crippen molar-refractivity contribution in [3.63, 3.8) is 0 Å². The molecule has 0 aromatic heterocycles. The van der Waals surface area contributed by atoms with Gasteiger partial charge in [-0.1, -0.05) is 6.92 Å². The van der Waals surface area contributed by atoms with Crippen LogP contribution >= 0.6 is 12.4 Å². The molecule has 0 atom stereocenters. The van der Waals surface area contributed by atoms with Crippen molar-refractivity contribution in [3.05, 3.63) is 0 Å². The van der Waals surface area contributed by atoms with E-state index in [2.05, 4.69) is 12.2 Å². The predicted molar refractivity (Wildman–Crippen MR) is 44.5 cm³/mol. The zero-order valence-corrected chi connectivity index (χ0v) is 7.21. The van der Waals surface area contributed by atoms with Gasteiger partial charge in [0.25, 0.3) is 0 Å². The van der Waals surface area contributed by atoms with E-state index in [9.17, 15) is 0 Å². The highest BCUT2D eigenvalue weighted by atomic mass is 35.5. The van der Waals surface area contributed by atoms with E-state index in [0.29, 0.717) is 6.61 Å². The summed E-state index contributed by atoms with van der Waals surface area (Å²) in [6, 6.07) is 0. The van der Waals surface area contributed by atoms with Crippen molar-refractivity contribution in [2.24, 2.45) is 5.41 Å². The second-order valence-corrected chi connectivity index (χ2v) is 3.22. The van der Waals surface area contributed by atoms with Crippen LogP contribution in [0.1, 0.15) is 19.8 Å². The number of aliphatic hydroxyl groups is 1. The van der Waals surface area contributed by atoms with Gasteiger partial charge in [0.05, 0.1) is 0 Å². The highest BCUT2D eigenvalue weighted by molar-refractivity contribution is 5.85. The van der Waals surface area contributed by atoms with E-state index in [0.717, 1.165) is 25.9 Å². The van der Waals surface area contributed by atoms with E-state index in [1.54, 1.807) is 0 Å². The Bertz CT molecular complexity index is 91.6. The van der Waals surface area contributed by atoms with Gasteiger partial charge >= 0.3 is 0 Å². The Kier molecular flexibility index (Phi) is 4.25. The van der Waals surface area contributed by atoms with E-state index < -0.39 is 0 Å². The van der Waals surface area contributed by atoms with Crippen molar-refractivity contribution in [2.75, 3.05) is 19.7 Å². The third-order valence-electron chi connectivity index (χ3n) is 2.19. The van der Waals surface area contributed by atoms with Gasteiger partial charge in [-0.25, -0.2) is 0 Å². The van der Waals surface area contributed by atoms with E-state index in [1.165, 1.54) is 0 Å². The Labute approximate surface area is 68.4 Å². The zero-order valence-electron chi connectivity index (χ0n) is 6.39. The van der Waals surface area contributed by atoms with Gasteiger partial charge in [0.15, 0.2) is 0 Å². The number of hydrogen-bond donors (Lipinski definition) is 2. The normalized spacial score (nSPS) is 23.4. The van der Waals surface area contributed by atoms with Crippen LogP contribution in [0, 0.1) is 5.41 Å². The molecule has 3 heteroatoms. The van der Waals surface area contributed by atoms with Crippen LogP contribution in [0.25, 0.3) is 0 Å². The Hall–Kier alpha value is 0.210. The third kappa shape index (κ3) is 2.45. The molecule has 1 aliphatic heterocycles. The molecule has 2 N–H and O–H groups in total. The average Bonchev–Trinajstić information content (AvgIpc) is 1.90. The Morgan fingerprint density at radius 3 is 2.20 bits per heavy atom. The van der Waals surface area contributed by atoms with E-state index >= 15 is 0 Å². The van der Waals surface area contributed by atoms with Crippen molar-refractivity contribution in [2.45, 2.75) is 19.8 Å². The van der Waals surface area contributed by atoms with Gasteiger partial charge in [0.1, 0.15) is 0 Å². The first-order chi connectivity index (χ1) is 4.27. The van der Waals surface area contributed by atoms with Crippen molar-refractivity contribution in [1.82, 2.24) is 5.32 Å². The molecule has 1 aliphatic rings. The summed E-state index contributed by atoms with van der Waals surface area (Å²) in [5, 5.41) is 12.2. The maximum Gasteiger partial charge on any atom is 0.0485 e. The fraction of sp³-hybridized carbons (Fsp3) is 1.00. The first-order valence-electron chi connectivity index (χ1n) is 3.58. The number of halogens is 1. The highest BCUT2D eigenvalue weighted by Gasteiger charge is 2.24. The molecule has 0 aliphatic carbocycles. The summed E-state index contributed by atoms with van der Waals surface area (Å²) in [5.41, 5.74) is 0.214. The van der Waals surface area contributed by atoms with Gasteiger partial charge < -0.3 is 10.4 Å². The number of aliphatic hydroxyl groups excluding tert-OH is 1. The van der Waals surface area contributed by atoms with Crippen LogP contribution in [0.5, 0.6) is 0 Å². The first kappa shape index (κ1) is 10.2. The molecule has 0 unspecified atom stereocenters. The summed E-state index contributed by atoms with van der Waals surface area (Å²) >= 11 is 0. The summed E-state index contributed by atoms with van der Waals surface area (Å²) in [5.74, 6) is 0. The monoisotopic (exact) mass is 165 g/mol. The summed E-state index contributed by atoms with van der Waals surface area (Å²) < 4.78 is 0. The van der Waals surface area contributed by atoms with Crippen LogP contribution in [0.15, 0.2) is 0 Å². The van der Waals surface area contributed by atoms with E-state index in [1.807, 2.05) is 0 Å². The molecule has 0 aromatic carbocycles. The van der Waals surface area contributed by atoms with E-state index in [-0.39, 0.29) is 17.8 Å². The van der Waals surface area contributed by atoms with Crippen molar-refractivity contribution in [3.8, 4) is 0 Å². The van der Waals surface area contributed by atoms with Crippen LogP contribution < -0.4 is 5.32 Å². The Morgan fingerprint density at radius 1 is 1.40 bits per heavy atom. The fourth-order valence-corrected chi connectivity index (χ4v) is 1.19. The lowest BCUT2D eigenvalue weighted by Crippen LogP contribution is -2.36. The number of piperidine rings is 1. The van der Waals surface area contributed by atoms with Crippen LogP contribution in [0.3, 0.4) is 0 Å². The molecule has 2 nitrogen and oxygen atoms in total. The lowest BCUT2D eigenvalue weighted by Gasteiger charge is -2.31. The lowest BCUT2D eigenvalue weighted by atomic mass is 9.82. The second-order valence-electron chi connectivity index (χ2n) is 3.22. The largest absolute Gasteiger partial charge is 0.396 e. The smallest absolute Gasteiger partial charge is 0.0485 e. The van der Waals surface area contributed by atoms with Gasteiger partial charge in [-0.15, -0.1) is 12.4 Å². The SMILES string of the molecule is CC1(CO)CCNCC1.Cl. The van der Waals surface area contributed by atoms with Crippen LogP contribution in [0.2, 0.25) is 0 Å². The molecular formula is C7H16ClNO. The highest BCUT2D eigenvalue weighted by Crippen LogP contribution is 2.26. The molecule has 10 heavy (non-hydrogen) atoms. The maximum absolute atomic E-state index is 8.92. The van der Waals surface area contributed by atoms with Gasteiger partial charge in [-0.3, -0.25) is 0 Å². The maximum atomic E-state index is 8.92. The summed E-state index contributed by atoms with van der Waals surface area (Å²) in [6.45, 7) is 4.62. The molecule has 0 bridgehead atoms. The summed E-state index contributed by atoms with van der Waals surface area (Å²) in [6.07, 6.45) is 2.23. The predicted octanol–water partition coefficient (Wildman–Crippen LogP) is 0.790. The van der Waals surface area contributed by atoms with Crippen LogP contribution in [-0.4, -0.2) is 24.8 Å². The molecule has 62 valence electrons. The van der Waals surface area contributed by atoms with Crippen molar-refractivity contribution < 1.29 is 5.11 Å². The number of rotatable bonds is 1. The second kappa shape index (κ2) is 4.16. The summed E-state index contributed by atoms with van der Waals surface area (Å²) in [7, 11) is 0. The van der Waals surface area contributed by atoms with Crippen LogP contribution in [0.4, 0.5) is 0 Å². The molecular weight excluding hydrogens is 150 g/mol. The molecule has 0 aromatic rings. The average molecular weight is 166 g/mol. The number of hydrogen-bond acceptors (Lipinski definition) is 2. The van der Waals surface area contributed by atoms with Crippen LogP contribution in [-0.2, 0) is 0 Å². The molecule has 0 radical (unpaired) electrons. The quantitative estimate of drug-likeness (QED) is 0.602. The molecule has 0 amide bonds. The zero-order chi connectivity index (χ0) is 6.74. The molecule has 1 saturated heterocycles. The minimum absolute atomic E-state index is 0. The first-order valence-corrected chi connectivity index (χ1v) is 3.58. The number of nitrogens with one attached hydrogen (secondary N) is 1. The minimum Gasteiger partial charge on any atom is -0.396 e. The van der Waals surface area contributed by atoms with Crippen molar-refractivity contribution in [1.29, 1.82) is 0 Å². The fourth-order valence-electron chi connectivity index (χ4n) is 1.19. The minimum atomic E-state index is 0. The van der Waals surface area contributed by atoms with Gasteiger partial charge in [0, 0.05) is 6.61 Å². The molecule has 0 spiro atoms. The van der Waals surface area contributed by atoms with Gasteiger partial charge in [-0.05, 0) is 31.3 Å². The Balaban J connectivity index is 0.000000810. The molecule has 1 fully saturated rings. The molecule has 1 heterocycles. The van der Waals surface area contributed by atoms with Crippen molar-refractivity contribution >= 4 is 12.4 Å². The lowest BCUT2D eigenvalue weighted by molar-refractivity contribution is 0.107. The molecule has 1 rings (SSSR count). The summed E-state index contributed by atoms with van der Waals surface area (Å²) in [4.78, 5) is 0.